The summed E-state index contributed by atoms with van der Waals surface area (Å²) in [6.07, 6.45) is 9.19. The van der Waals surface area contributed by atoms with Crippen LogP contribution < -0.4 is 20.9 Å². The molecule has 5 aliphatic rings. The number of benzene rings is 3. The third kappa shape index (κ3) is 9.53. The van der Waals surface area contributed by atoms with E-state index in [2.05, 4.69) is 62.9 Å². The van der Waals surface area contributed by atoms with Crippen molar-refractivity contribution in [2.24, 2.45) is 0 Å². The first-order chi connectivity index (χ1) is 33.8. The monoisotopic (exact) mass is 947 g/mol. The minimum absolute atomic E-state index is 0.00468. The number of amides is 1. The van der Waals surface area contributed by atoms with Gasteiger partial charge in [0.2, 0.25) is 5.91 Å². The fraction of sp³-hybridized carbons (Fsp3) is 0.464. The molecule has 14 heteroatoms. The highest BCUT2D eigenvalue weighted by Crippen LogP contribution is 2.50. The molecule has 6 heterocycles. The molecule has 3 aromatic carbocycles. The van der Waals surface area contributed by atoms with Crippen molar-refractivity contribution in [1.82, 2.24) is 25.1 Å². The average molecular weight is 947 g/mol. The summed E-state index contributed by atoms with van der Waals surface area (Å²) in [5, 5.41) is 11.8. The van der Waals surface area contributed by atoms with Gasteiger partial charge in [0.15, 0.2) is 17.7 Å². The van der Waals surface area contributed by atoms with Crippen molar-refractivity contribution < 1.29 is 28.7 Å². The number of pyridine rings is 2. The molecule has 0 spiro atoms. The third-order valence-corrected chi connectivity index (χ3v) is 15.4. The number of hydrogen-bond acceptors (Lipinski definition) is 13. The van der Waals surface area contributed by atoms with E-state index < -0.39 is 23.7 Å². The normalized spacial score (nSPS) is 23.9. The predicted octanol–water partition coefficient (Wildman–Crippen LogP) is 8.14. The van der Waals surface area contributed by atoms with Crippen molar-refractivity contribution in [3.05, 3.63) is 124 Å². The van der Waals surface area contributed by atoms with Crippen LogP contribution in [-0.2, 0) is 32.2 Å². The van der Waals surface area contributed by atoms with Crippen molar-refractivity contribution in [1.29, 1.82) is 0 Å². The van der Waals surface area contributed by atoms with Gasteiger partial charge in [0.05, 0.1) is 46.8 Å². The summed E-state index contributed by atoms with van der Waals surface area (Å²) in [5.74, 6) is -1.12. The largest absolute Gasteiger partial charge is 0.457 e. The number of aryl methyl sites for hydroxylation is 1. The summed E-state index contributed by atoms with van der Waals surface area (Å²) in [4.78, 5) is 71.6. The lowest BCUT2D eigenvalue weighted by Gasteiger charge is -2.52. The first-order valence-electron chi connectivity index (χ1n) is 25.3. The van der Waals surface area contributed by atoms with Crippen molar-refractivity contribution in [2.75, 3.05) is 55.8 Å². The molecule has 5 aromatic rings. The molecule has 366 valence electrons. The molecule has 3 fully saturated rings. The number of anilines is 3. The molecule has 1 aliphatic carbocycles. The summed E-state index contributed by atoms with van der Waals surface area (Å²) in [6.45, 7) is 11.0. The van der Waals surface area contributed by atoms with E-state index in [0.29, 0.717) is 53.0 Å². The summed E-state index contributed by atoms with van der Waals surface area (Å²) in [5.41, 5.74) is 7.52. The topological polar surface area (TPSA) is 158 Å². The Kier molecular flexibility index (Phi) is 13.5. The van der Waals surface area contributed by atoms with Crippen LogP contribution in [0.2, 0.25) is 0 Å². The molecule has 2 aromatic heterocycles. The highest BCUT2D eigenvalue weighted by Gasteiger charge is 2.53. The van der Waals surface area contributed by atoms with Crippen LogP contribution in [0.15, 0.2) is 79.1 Å². The quantitative estimate of drug-likeness (QED) is 0.0632. The van der Waals surface area contributed by atoms with Gasteiger partial charge in [-0.2, -0.15) is 0 Å². The van der Waals surface area contributed by atoms with Gasteiger partial charge in [0.25, 0.3) is 0 Å². The van der Waals surface area contributed by atoms with Crippen LogP contribution in [0.25, 0.3) is 10.8 Å². The molecule has 6 atom stereocenters. The number of nitrogens with zero attached hydrogens (tertiary/aromatic N) is 5. The molecule has 70 heavy (non-hydrogen) atoms. The zero-order valence-electron chi connectivity index (χ0n) is 41.2. The Hall–Kier alpha value is -6.22. The number of likely N-dealkylation sites (tertiary alicyclic amines) is 2. The average Bonchev–Trinajstić information content (AvgIpc) is 4.00. The predicted molar refractivity (Wildman–Crippen MR) is 271 cm³/mol. The molecular formula is C56H66N8O6. The number of aromatic nitrogens is 2. The van der Waals surface area contributed by atoms with Crippen molar-refractivity contribution in [3.63, 3.8) is 0 Å². The van der Waals surface area contributed by atoms with E-state index in [-0.39, 0.29) is 36.4 Å². The second-order valence-corrected chi connectivity index (χ2v) is 20.6. The number of nitrogens with one attached hydrogen (secondary N) is 3. The van der Waals surface area contributed by atoms with Gasteiger partial charge in [-0.05, 0) is 120 Å². The van der Waals surface area contributed by atoms with Crippen LogP contribution in [0.5, 0.6) is 0 Å². The molecule has 3 saturated heterocycles. The summed E-state index contributed by atoms with van der Waals surface area (Å²) in [7, 11) is 4.14. The van der Waals surface area contributed by atoms with Crippen LogP contribution in [0, 0.1) is 6.92 Å². The van der Waals surface area contributed by atoms with E-state index in [1.54, 1.807) is 12.1 Å². The van der Waals surface area contributed by atoms with Gasteiger partial charge in [-0.15, -0.1) is 0 Å². The molecule has 10 rings (SSSR count). The smallest absolute Gasteiger partial charge is 0.306 e. The van der Waals surface area contributed by atoms with E-state index >= 15 is 0 Å². The second kappa shape index (κ2) is 19.9. The minimum Gasteiger partial charge on any atom is -0.457 e. The zero-order chi connectivity index (χ0) is 48.7. The molecule has 1 amide bonds. The molecule has 3 N–H and O–H groups in total. The number of unbranched alkanes of at least 4 members (excludes halogenated alkanes) is 1. The van der Waals surface area contributed by atoms with Gasteiger partial charge in [-0.3, -0.25) is 38.9 Å². The molecule has 0 radical (unpaired) electrons. The maximum atomic E-state index is 14.3. The Morgan fingerprint density at radius 1 is 0.843 bits per heavy atom. The number of esters is 1. The lowest BCUT2D eigenvalue weighted by molar-refractivity contribution is -0.183. The zero-order valence-corrected chi connectivity index (χ0v) is 41.2. The summed E-state index contributed by atoms with van der Waals surface area (Å²) >= 11 is 0. The Morgan fingerprint density at radius 3 is 2.29 bits per heavy atom. The fourth-order valence-corrected chi connectivity index (χ4v) is 11.9. The van der Waals surface area contributed by atoms with Gasteiger partial charge in [0.1, 0.15) is 0 Å². The first-order valence-corrected chi connectivity index (χ1v) is 25.3. The standard InChI is InChI=1S/C56H66N8O6/c1-34-12-14-41-36(28-34)13-15-43-50(41)53(67)44-17-16-42-47-31-56(3,61-52(42)51(44)54(43)68)55(35(2)69-47)70-49(66)19-18-48(65)60-23-7-6-22-57-37-20-24-58-38(29-37)32-63-26-8-10-45(63)46-11-9-27-64(46)33-39-30-40(62(4)5)21-25-59-39/h12-17,20-21,24-25,28-30,35,45-47,55,61H,6-11,18-19,22-23,26-27,31-33H2,1-5H3,(H,57,58)(H,60,65)/t35?,45-,46-,47?,55?,56?/m0/s1. The Morgan fingerprint density at radius 2 is 1.53 bits per heavy atom. The lowest BCUT2D eigenvalue weighted by atomic mass is 9.73. The number of rotatable bonds is 16. The number of hydrogen-bond donors (Lipinski definition) is 3. The highest BCUT2D eigenvalue weighted by molar-refractivity contribution is 6.33. The van der Waals surface area contributed by atoms with E-state index in [1.165, 1.54) is 31.4 Å². The lowest BCUT2D eigenvalue weighted by Crippen LogP contribution is -2.61. The van der Waals surface area contributed by atoms with Gasteiger partial charge < -0.3 is 30.3 Å². The van der Waals surface area contributed by atoms with E-state index in [4.69, 9.17) is 19.4 Å². The Balaban J connectivity index is 0.669. The SMILES string of the molecule is Cc1ccc2c3c(ccc2c1)C(=O)c1c(ccc2c1NC1(C)CC2OC(C)C1OC(=O)CCC(=O)NCCCCNc1ccnc(CN2CCC[C@H]2[C@@H]2CCCN2Cc2cc(N(C)C)ccn2)c1)C3=O. The molecule has 14 nitrogen and oxygen atoms in total. The van der Waals surface area contributed by atoms with Gasteiger partial charge >= 0.3 is 5.97 Å². The second-order valence-electron chi connectivity index (χ2n) is 20.6. The number of carbonyl (C=O) groups is 4. The van der Waals surface area contributed by atoms with Crippen molar-refractivity contribution in [3.8, 4) is 0 Å². The Bertz CT molecular complexity index is 2830. The molecule has 2 bridgehead atoms. The molecular weight excluding hydrogens is 881 g/mol. The highest BCUT2D eigenvalue weighted by atomic mass is 16.6. The maximum Gasteiger partial charge on any atom is 0.306 e. The van der Waals surface area contributed by atoms with Crippen LogP contribution in [0.4, 0.5) is 17.1 Å². The fourth-order valence-electron chi connectivity index (χ4n) is 11.9. The van der Waals surface area contributed by atoms with Crippen LogP contribution >= 0.6 is 0 Å². The van der Waals surface area contributed by atoms with Crippen molar-refractivity contribution in [2.45, 2.75) is 128 Å². The van der Waals surface area contributed by atoms with Crippen LogP contribution in [0.3, 0.4) is 0 Å². The number of ketones is 2. The van der Waals surface area contributed by atoms with Crippen LogP contribution in [-0.4, -0.2) is 113 Å². The number of carbonyl (C=O) groups excluding carboxylic acids is 4. The van der Waals surface area contributed by atoms with Gasteiger partial charge in [-0.25, -0.2) is 0 Å². The molecule has 0 saturated carbocycles. The summed E-state index contributed by atoms with van der Waals surface area (Å²) in [6, 6.07) is 22.6. The van der Waals surface area contributed by atoms with Crippen molar-refractivity contribution >= 4 is 51.3 Å². The number of fused-ring (bicyclic) bond motifs is 9. The summed E-state index contributed by atoms with van der Waals surface area (Å²) < 4.78 is 12.6. The molecule has 4 unspecified atom stereocenters. The maximum absolute atomic E-state index is 14.3. The number of ether oxygens (including phenoxy) is 2. The van der Waals surface area contributed by atoms with E-state index in [0.717, 1.165) is 84.5 Å². The first kappa shape index (κ1) is 47.5. The molecule has 4 aliphatic heterocycles. The van der Waals surface area contributed by atoms with Crippen LogP contribution in [0.1, 0.15) is 132 Å². The van der Waals surface area contributed by atoms with Gasteiger partial charge in [0, 0.05) is 111 Å². The minimum atomic E-state index is -0.800. The third-order valence-electron chi connectivity index (χ3n) is 15.4. The van der Waals surface area contributed by atoms with E-state index in [1.807, 2.05) is 69.6 Å². The Labute approximate surface area is 410 Å². The van der Waals surface area contributed by atoms with Gasteiger partial charge in [-0.1, -0.05) is 35.9 Å². The van der Waals surface area contributed by atoms with E-state index in [9.17, 15) is 19.2 Å².